The van der Waals surface area contributed by atoms with Crippen molar-refractivity contribution in [2.24, 2.45) is 7.05 Å². The molecule has 0 atom stereocenters. The summed E-state index contributed by atoms with van der Waals surface area (Å²) in [6.45, 7) is 2.49. The minimum absolute atomic E-state index is 0.179. The highest BCUT2D eigenvalue weighted by atomic mass is 16.5. The van der Waals surface area contributed by atoms with Crippen molar-refractivity contribution in [3.8, 4) is 0 Å². The number of hydrogen-bond donors (Lipinski definition) is 1. The molecule has 0 aromatic carbocycles. The molecule has 19 heavy (non-hydrogen) atoms. The topological polar surface area (TPSA) is 82.8 Å². The van der Waals surface area contributed by atoms with Crippen LogP contribution in [0, 0.1) is 0 Å². The van der Waals surface area contributed by atoms with E-state index in [0.29, 0.717) is 32.1 Å². The summed E-state index contributed by atoms with van der Waals surface area (Å²) in [5.41, 5.74) is 0.742. The van der Waals surface area contributed by atoms with Gasteiger partial charge in [0.2, 0.25) is 0 Å². The van der Waals surface area contributed by atoms with Crippen molar-refractivity contribution >= 4 is 5.97 Å². The van der Waals surface area contributed by atoms with E-state index in [2.05, 4.69) is 5.10 Å². The van der Waals surface area contributed by atoms with Gasteiger partial charge in [-0.15, -0.1) is 0 Å². The molecule has 0 amide bonds. The van der Waals surface area contributed by atoms with Crippen LogP contribution in [0.25, 0.3) is 0 Å². The highest BCUT2D eigenvalue weighted by Crippen LogP contribution is 2.09. The van der Waals surface area contributed by atoms with Gasteiger partial charge in [-0.3, -0.25) is 4.68 Å². The Labute approximate surface area is 112 Å². The molecular weight excluding hydrogens is 252 g/mol. The lowest BCUT2D eigenvalue weighted by Crippen LogP contribution is -2.09. The number of nitrogens with zero attached hydrogens (tertiary/aromatic N) is 2. The quantitative estimate of drug-likeness (QED) is 0.631. The van der Waals surface area contributed by atoms with Crippen molar-refractivity contribution in [2.75, 3.05) is 33.5 Å². The molecule has 1 heterocycles. The Morgan fingerprint density at radius 1 is 1.32 bits per heavy atom. The van der Waals surface area contributed by atoms with Crippen LogP contribution < -0.4 is 0 Å². The third-order valence-electron chi connectivity index (χ3n) is 2.54. The van der Waals surface area contributed by atoms with Crippen molar-refractivity contribution in [3.05, 3.63) is 17.5 Å². The number of aromatic nitrogens is 2. The third kappa shape index (κ3) is 5.37. The molecule has 0 aliphatic heterocycles. The van der Waals surface area contributed by atoms with Crippen LogP contribution in [0.4, 0.5) is 0 Å². The van der Waals surface area contributed by atoms with Crippen molar-refractivity contribution in [1.82, 2.24) is 9.78 Å². The average molecular weight is 272 g/mol. The number of hydrogen-bond acceptors (Lipinski definition) is 5. The highest BCUT2D eigenvalue weighted by Gasteiger charge is 2.14. The number of rotatable bonds is 10. The lowest BCUT2D eigenvalue weighted by molar-refractivity contribution is 0.0467. The number of methoxy groups -OCH3 is 1. The standard InChI is InChI=1S/C12H20N2O5/c1-14-11(10(8-13-14)12(15)16)9-19-5-3-4-18-7-6-17-2/h8H,3-7,9H2,1-2H3,(H,15,16). The van der Waals surface area contributed by atoms with E-state index in [9.17, 15) is 4.79 Å². The Morgan fingerprint density at radius 2 is 2.05 bits per heavy atom. The number of carboxylic acid groups (broad SMARTS) is 1. The molecule has 0 saturated heterocycles. The molecule has 0 spiro atoms. The smallest absolute Gasteiger partial charge is 0.339 e. The molecule has 0 radical (unpaired) electrons. The van der Waals surface area contributed by atoms with Crippen LogP contribution >= 0.6 is 0 Å². The largest absolute Gasteiger partial charge is 0.478 e. The zero-order chi connectivity index (χ0) is 14.1. The molecule has 0 saturated carbocycles. The van der Waals surface area contributed by atoms with Gasteiger partial charge in [0.25, 0.3) is 0 Å². The molecule has 0 aliphatic carbocycles. The van der Waals surface area contributed by atoms with Gasteiger partial charge in [-0.2, -0.15) is 5.10 Å². The van der Waals surface area contributed by atoms with Crippen LogP contribution in [0.5, 0.6) is 0 Å². The second kappa shape index (κ2) is 8.63. The summed E-state index contributed by atoms with van der Waals surface area (Å²) >= 11 is 0. The van der Waals surface area contributed by atoms with Crippen molar-refractivity contribution in [2.45, 2.75) is 13.0 Å². The van der Waals surface area contributed by atoms with Crippen LogP contribution in [0.1, 0.15) is 22.5 Å². The maximum Gasteiger partial charge on any atom is 0.339 e. The van der Waals surface area contributed by atoms with E-state index in [1.54, 1.807) is 14.2 Å². The van der Waals surface area contributed by atoms with Crippen molar-refractivity contribution < 1.29 is 24.1 Å². The molecular formula is C12H20N2O5. The molecule has 1 rings (SSSR count). The molecule has 7 heteroatoms. The number of aryl methyl sites for hydroxylation is 1. The van der Waals surface area contributed by atoms with Crippen LogP contribution in [0.3, 0.4) is 0 Å². The summed E-state index contributed by atoms with van der Waals surface area (Å²) in [6, 6.07) is 0. The van der Waals surface area contributed by atoms with Gasteiger partial charge in [0.1, 0.15) is 5.56 Å². The number of aromatic carboxylic acids is 1. The minimum Gasteiger partial charge on any atom is -0.478 e. The van der Waals surface area contributed by atoms with Gasteiger partial charge in [0.15, 0.2) is 0 Å². The van der Waals surface area contributed by atoms with E-state index < -0.39 is 5.97 Å². The first-order chi connectivity index (χ1) is 9.16. The monoisotopic (exact) mass is 272 g/mol. The predicted octanol–water partition coefficient (Wildman–Crippen LogP) is 0.688. The maximum atomic E-state index is 10.9. The molecule has 108 valence electrons. The second-order valence-electron chi connectivity index (χ2n) is 3.95. The molecule has 1 aromatic rings. The minimum atomic E-state index is -0.991. The van der Waals surface area contributed by atoms with Gasteiger partial charge in [0, 0.05) is 27.4 Å². The second-order valence-corrected chi connectivity index (χ2v) is 3.95. The van der Waals surface area contributed by atoms with Crippen LogP contribution in [0.2, 0.25) is 0 Å². The predicted molar refractivity (Wildman–Crippen MR) is 67.1 cm³/mol. The first-order valence-electron chi connectivity index (χ1n) is 6.05. The average Bonchev–Trinajstić information content (AvgIpc) is 2.74. The first kappa shape index (κ1) is 15.6. The zero-order valence-electron chi connectivity index (χ0n) is 11.3. The molecule has 0 aliphatic rings. The van der Waals surface area contributed by atoms with Gasteiger partial charge in [-0.25, -0.2) is 4.79 Å². The van der Waals surface area contributed by atoms with E-state index in [1.165, 1.54) is 10.9 Å². The highest BCUT2D eigenvalue weighted by molar-refractivity contribution is 5.88. The molecule has 7 nitrogen and oxygen atoms in total. The summed E-state index contributed by atoms with van der Waals surface area (Å²) in [6.07, 6.45) is 2.08. The fraction of sp³-hybridized carbons (Fsp3) is 0.667. The van der Waals surface area contributed by atoms with Gasteiger partial charge >= 0.3 is 5.97 Å². The Hall–Kier alpha value is -1.44. The molecule has 0 bridgehead atoms. The summed E-state index contributed by atoms with van der Waals surface area (Å²) < 4.78 is 17.1. The molecule has 0 unspecified atom stereocenters. The van der Waals surface area contributed by atoms with E-state index in [0.717, 1.165) is 6.42 Å². The zero-order valence-corrected chi connectivity index (χ0v) is 11.3. The lowest BCUT2D eigenvalue weighted by atomic mass is 10.2. The van der Waals surface area contributed by atoms with E-state index in [1.807, 2.05) is 0 Å². The Morgan fingerprint density at radius 3 is 2.74 bits per heavy atom. The van der Waals surface area contributed by atoms with Crippen LogP contribution in [-0.2, 0) is 27.9 Å². The van der Waals surface area contributed by atoms with E-state index in [-0.39, 0.29) is 12.2 Å². The molecule has 1 aromatic heterocycles. The van der Waals surface area contributed by atoms with Crippen LogP contribution in [-0.4, -0.2) is 54.4 Å². The molecule has 0 fully saturated rings. The number of ether oxygens (including phenoxy) is 3. The Kier molecular flexibility index (Phi) is 7.09. The number of carbonyl (C=O) groups is 1. The Balaban J connectivity index is 2.19. The summed E-state index contributed by atoms with van der Waals surface area (Å²) in [4.78, 5) is 10.9. The van der Waals surface area contributed by atoms with Gasteiger partial charge in [0.05, 0.1) is 31.7 Å². The first-order valence-corrected chi connectivity index (χ1v) is 6.05. The third-order valence-corrected chi connectivity index (χ3v) is 2.54. The normalized spacial score (nSPS) is 10.8. The SMILES string of the molecule is COCCOCCCOCc1c(C(=O)O)cnn1C. The lowest BCUT2D eigenvalue weighted by Gasteiger charge is -2.06. The summed E-state index contributed by atoms with van der Waals surface area (Å²) in [5, 5.41) is 12.9. The van der Waals surface area contributed by atoms with E-state index in [4.69, 9.17) is 19.3 Å². The van der Waals surface area contributed by atoms with Gasteiger partial charge < -0.3 is 19.3 Å². The van der Waals surface area contributed by atoms with Crippen molar-refractivity contribution in [3.63, 3.8) is 0 Å². The fourth-order valence-electron chi connectivity index (χ4n) is 1.49. The van der Waals surface area contributed by atoms with Crippen molar-refractivity contribution in [1.29, 1.82) is 0 Å². The molecule has 1 N–H and O–H groups in total. The summed E-state index contributed by atoms with van der Waals surface area (Å²) in [7, 11) is 3.32. The fourth-order valence-corrected chi connectivity index (χ4v) is 1.49. The maximum absolute atomic E-state index is 10.9. The summed E-state index contributed by atoms with van der Waals surface area (Å²) in [5.74, 6) is -0.991. The van der Waals surface area contributed by atoms with Crippen LogP contribution in [0.15, 0.2) is 6.20 Å². The van der Waals surface area contributed by atoms with E-state index >= 15 is 0 Å². The van der Waals surface area contributed by atoms with Gasteiger partial charge in [-0.1, -0.05) is 0 Å². The van der Waals surface area contributed by atoms with Gasteiger partial charge in [-0.05, 0) is 6.42 Å². The number of carboxylic acids is 1. The Bertz CT molecular complexity index is 391.